The van der Waals surface area contributed by atoms with E-state index >= 15 is 0 Å². The average molecular weight is 513 g/mol. The van der Waals surface area contributed by atoms with E-state index in [1.807, 2.05) is 39.3 Å². The zero-order valence-electron chi connectivity index (χ0n) is 18.5. The fraction of sp³-hybridized carbons (Fsp3) is 1.00. The third-order valence-electron chi connectivity index (χ3n) is 2.06. The summed E-state index contributed by atoms with van der Waals surface area (Å²) in [6, 6.07) is 0. The van der Waals surface area contributed by atoms with Crippen LogP contribution in [0.3, 0.4) is 0 Å². The largest absolute Gasteiger partial charge is 0.438 e. The van der Waals surface area contributed by atoms with E-state index in [4.69, 9.17) is 25.6 Å². The molecule has 0 saturated carbocycles. The Morgan fingerprint density at radius 3 is 1.46 bits per heavy atom. The first-order chi connectivity index (χ1) is 12.8. The number of hydrogen-bond donors (Lipinski definition) is 0. The summed E-state index contributed by atoms with van der Waals surface area (Å²) in [5.41, 5.74) is 0. The molecule has 0 fully saturated rings. The highest BCUT2D eigenvalue weighted by Crippen LogP contribution is 2.24. The highest BCUT2D eigenvalue weighted by atomic mass is 28.4. The third kappa shape index (κ3) is 26.9. The molecule has 28 heavy (non-hydrogen) atoms. The van der Waals surface area contributed by atoms with Gasteiger partial charge in [-0.05, 0) is 39.3 Å². The van der Waals surface area contributed by atoms with E-state index in [2.05, 4.69) is 13.8 Å². The zero-order chi connectivity index (χ0) is 22.8. The number of alkyl halides is 3. The minimum absolute atomic E-state index is 0.0280. The highest BCUT2D eigenvalue weighted by Gasteiger charge is 2.31. The van der Waals surface area contributed by atoms with Crippen LogP contribution in [-0.4, -0.2) is 62.8 Å². The molecule has 0 amide bonds. The third-order valence-corrected chi connectivity index (χ3v) is 12.0. The van der Waals surface area contributed by atoms with Crippen molar-refractivity contribution in [2.75, 3.05) is 0 Å². The van der Waals surface area contributed by atoms with Crippen LogP contribution >= 0.6 is 0 Å². The van der Waals surface area contributed by atoms with E-state index in [0.29, 0.717) is 0 Å². The van der Waals surface area contributed by atoms with Gasteiger partial charge in [0.05, 0.1) is 0 Å². The number of halogens is 3. The maximum Gasteiger partial charge on any atom is 0.408 e. The summed E-state index contributed by atoms with van der Waals surface area (Å²) in [7, 11) is -5.25. The summed E-state index contributed by atoms with van der Waals surface area (Å²) >= 11 is 0. The topological polar surface area (TPSA) is 55.4 Å². The van der Waals surface area contributed by atoms with E-state index < -0.39 is 49.2 Å². The van der Waals surface area contributed by atoms with Crippen molar-refractivity contribution in [2.24, 2.45) is 5.92 Å². The molecule has 6 radical (unpaired) electrons. The Hall–Kier alpha value is 0.851. The lowest BCUT2D eigenvalue weighted by molar-refractivity contribution is -0.164. The fourth-order valence-corrected chi connectivity index (χ4v) is 9.93. The summed E-state index contributed by atoms with van der Waals surface area (Å²) in [6.45, 7) is 18.3. The normalized spacial score (nSPS) is 11.8. The Bertz CT molecular complexity index is 334. The van der Waals surface area contributed by atoms with E-state index in [-0.39, 0.29) is 19.5 Å². The predicted molar refractivity (Wildman–Crippen MR) is 116 cm³/mol. The Morgan fingerprint density at radius 1 is 0.786 bits per heavy atom. The van der Waals surface area contributed by atoms with Gasteiger partial charge in [-0.15, -0.1) is 0 Å². The van der Waals surface area contributed by atoms with Crippen LogP contribution in [0.5, 0.6) is 0 Å². The summed E-state index contributed by atoms with van der Waals surface area (Å²) < 4.78 is 66.1. The smallest absolute Gasteiger partial charge is 0.408 e. The number of hydrogen-bond acceptors (Lipinski definition) is 6. The number of rotatable bonds is 11. The molecule has 0 unspecified atom stereocenters. The van der Waals surface area contributed by atoms with Crippen molar-refractivity contribution in [1.29, 1.82) is 0 Å². The van der Waals surface area contributed by atoms with Crippen molar-refractivity contribution < 1.29 is 38.8 Å². The Labute approximate surface area is 181 Å². The monoisotopic (exact) mass is 512 g/mol. The SMILES string of the molecule is CC(C)C(F)(F)F.CCC.C[SiH]OO[Si](C)O[Si](C)O[Si](C)O[Si](C)O[SiH]C. The Balaban J connectivity index is -0.000000516. The maximum absolute atomic E-state index is 11.2. The lowest BCUT2D eigenvalue weighted by Gasteiger charge is -2.20. The van der Waals surface area contributed by atoms with Crippen molar-refractivity contribution in [2.45, 2.75) is 79.6 Å². The molecular weight excluding hydrogens is 478 g/mol. The van der Waals surface area contributed by atoms with E-state index in [1.165, 1.54) is 6.42 Å². The van der Waals surface area contributed by atoms with Gasteiger partial charge in [-0.3, -0.25) is 9.15 Å². The quantitative estimate of drug-likeness (QED) is 0.238. The van der Waals surface area contributed by atoms with Gasteiger partial charge in [0, 0.05) is 5.92 Å². The van der Waals surface area contributed by atoms with Gasteiger partial charge in [0.15, 0.2) is 9.76 Å². The molecular formula is C13H35F3O6Si6. The lowest BCUT2D eigenvalue weighted by atomic mass is 10.2. The molecule has 0 bridgehead atoms. The van der Waals surface area contributed by atoms with Gasteiger partial charge in [-0.2, -0.15) is 13.2 Å². The summed E-state index contributed by atoms with van der Waals surface area (Å²) in [5, 5.41) is 0. The first-order valence-electron chi connectivity index (χ1n) is 8.85. The Morgan fingerprint density at radius 2 is 1.14 bits per heavy atom. The molecule has 15 heteroatoms. The second kappa shape index (κ2) is 21.1. The van der Waals surface area contributed by atoms with Gasteiger partial charge < -0.3 is 16.5 Å². The molecule has 6 nitrogen and oxygen atoms in total. The molecule has 168 valence electrons. The first-order valence-corrected chi connectivity index (χ1v) is 19.4. The van der Waals surface area contributed by atoms with Gasteiger partial charge in [0.2, 0.25) is 9.76 Å². The summed E-state index contributed by atoms with van der Waals surface area (Å²) in [4.78, 5) is 0. The van der Waals surface area contributed by atoms with Crippen LogP contribution in [0.2, 0.25) is 39.3 Å². The van der Waals surface area contributed by atoms with Crippen LogP contribution in [0.15, 0.2) is 0 Å². The highest BCUT2D eigenvalue weighted by molar-refractivity contribution is 6.67. The van der Waals surface area contributed by atoms with E-state index in [1.54, 1.807) is 0 Å². The van der Waals surface area contributed by atoms with Gasteiger partial charge in [-0.1, -0.05) is 34.1 Å². The molecule has 0 N–H and O–H groups in total. The van der Waals surface area contributed by atoms with Crippen LogP contribution in [0, 0.1) is 5.92 Å². The van der Waals surface area contributed by atoms with Crippen molar-refractivity contribution in [3.8, 4) is 0 Å². The van der Waals surface area contributed by atoms with Crippen molar-refractivity contribution in [1.82, 2.24) is 0 Å². The Kier molecular flexibility index (Phi) is 25.2. The van der Waals surface area contributed by atoms with Crippen LogP contribution in [0.4, 0.5) is 13.2 Å². The predicted octanol–water partition coefficient (Wildman–Crippen LogP) is 3.89. The molecule has 0 atom stereocenters. The summed E-state index contributed by atoms with van der Waals surface area (Å²) in [5.74, 6) is -1.20. The lowest BCUT2D eigenvalue weighted by Crippen LogP contribution is -2.38. The first kappa shape index (κ1) is 33.5. The van der Waals surface area contributed by atoms with Crippen LogP contribution in [0.1, 0.15) is 34.1 Å². The molecule has 0 saturated heterocycles. The van der Waals surface area contributed by atoms with Gasteiger partial charge >= 0.3 is 43.3 Å². The fourth-order valence-electron chi connectivity index (χ4n) is 0.972. The molecule has 0 aliphatic heterocycles. The molecule has 0 heterocycles. The van der Waals surface area contributed by atoms with Crippen molar-refractivity contribution in [3.05, 3.63) is 0 Å². The average Bonchev–Trinajstić information content (AvgIpc) is 2.53. The minimum Gasteiger partial charge on any atom is -0.438 e. The maximum atomic E-state index is 11.2. The molecule has 0 rings (SSSR count). The molecule has 0 aliphatic carbocycles. The van der Waals surface area contributed by atoms with Crippen molar-refractivity contribution in [3.63, 3.8) is 0 Å². The molecule has 0 aromatic heterocycles. The summed E-state index contributed by atoms with van der Waals surface area (Å²) in [6.07, 6.45) is -2.75. The molecule has 0 spiro atoms. The van der Waals surface area contributed by atoms with Crippen molar-refractivity contribution >= 4 is 56.7 Å². The van der Waals surface area contributed by atoms with E-state index in [0.717, 1.165) is 13.8 Å². The van der Waals surface area contributed by atoms with Gasteiger partial charge in [0.25, 0.3) is 0 Å². The minimum atomic E-state index is -4.00. The molecule has 0 aromatic rings. The molecule has 0 aliphatic rings. The second-order valence-corrected chi connectivity index (χ2v) is 14.1. The van der Waals surface area contributed by atoms with Gasteiger partial charge in [-0.25, -0.2) is 0 Å². The van der Waals surface area contributed by atoms with E-state index in [9.17, 15) is 13.2 Å². The molecule has 0 aromatic carbocycles. The van der Waals surface area contributed by atoms with Crippen LogP contribution < -0.4 is 0 Å². The zero-order valence-corrected chi connectivity index (χ0v) is 24.8. The second-order valence-electron chi connectivity index (χ2n) is 5.44. The van der Waals surface area contributed by atoms with Gasteiger partial charge in [0.1, 0.15) is 0 Å². The van der Waals surface area contributed by atoms with Crippen LogP contribution in [0.25, 0.3) is 0 Å². The standard InChI is InChI=1S/C6H20O6Si6.C4H7F3.C3H8/c1-13-7-8-15(3)10-17(5)12-18(6)11-16(4)9-14-2;1-3(2)4(5,6)7;1-3-2/h13-14H,1-6H3;3H,1-2H3;3H2,1-2H3. The van der Waals surface area contributed by atoms with Crippen LogP contribution in [-0.2, 0) is 25.6 Å².